The minimum atomic E-state index is -0.506. The third-order valence-electron chi connectivity index (χ3n) is 6.05. The van der Waals surface area contributed by atoms with Crippen molar-refractivity contribution in [3.8, 4) is 11.3 Å². The lowest BCUT2D eigenvalue weighted by Crippen LogP contribution is -2.48. The number of nitrogens with zero attached hydrogens (tertiary/aromatic N) is 6. The average Bonchev–Trinajstić information content (AvgIpc) is 3.47. The van der Waals surface area contributed by atoms with E-state index in [-0.39, 0.29) is 17.3 Å². The summed E-state index contributed by atoms with van der Waals surface area (Å²) in [5, 5.41) is 24.0. The molecule has 178 valence electrons. The molecule has 0 saturated carbocycles. The number of piperazine rings is 1. The molecule has 2 aromatic heterocycles. The van der Waals surface area contributed by atoms with Crippen molar-refractivity contribution in [3.63, 3.8) is 0 Å². The number of hydrogen-bond donors (Lipinski definition) is 0. The van der Waals surface area contributed by atoms with Gasteiger partial charge in [0, 0.05) is 79.7 Å². The molecule has 1 fully saturated rings. The lowest BCUT2D eigenvalue weighted by atomic mass is 10.1. The van der Waals surface area contributed by atoms with Crippen LogP contribution < -0.4 is 0 Å². The van der Waals surface area contributed by atoms with Gasteiger partial charge in [-0.25, -0.2) is 4.98 Å². The number of fused-ring (bicyclic) bond motifs is 1. The highest BCUT2D eigenvalue weighted by molar-refractivity contribution is 7.15. The van der Waals surface area contributed by atoms with Crippen LogP contribution in [-0.2, 0) is 6.54 Å². The number of thiazole rings is 1. The Bertz CT molecular complexity index is 1420. The second-order valence-electron chi connectivity index (χ2n) is 8.14. The van der Waals surface area contributed by atoms with Gasteiger partial charge in [0.1, 0.15) is 0 Å². The second-order valence-corrected chi connectivity index (χ2v) is 9.02. The molecule has 1 aliphatic rings. The zero-order valence-electron chi connectivity index (χ0n) is 18.4. The molecule has 0 aliphatic carbocycles. The van der Waals surface area contributed by atoms with Gasteiger partial charge in [0.15, 0.2) is 4.96 Å². The van der Waals surface area contributed by atoms with Crippen LogP contribution in [-0.4, -0.2) is 61.1 Å². The SMILES string of the molecule is O=C(c1cccc([N+](=O)[O-])c1)N1CCN(Cc2c(-c3ccc([N+](=O)[O-])cc3)nc3sccn23)CC1. The lowest BCUT2D eigenvalue weighted by molar-refractivity contribution is -0.385. The van der Waals surface area contributed by atoms with E-state index in [9.17, 15) is 25.0 Å². The van der Waals surface area contributed by atoms with Crippen molar-refractivity contribution in [2.24, 2.45) is 0 Å². The molecule has 0 bridgehead atoms. The predicted octanol–water partition coefficient (Wildman–Crippen LogP) is 3.84. The minimum Gasteiger partial charge on any atom is -0.336 e. The molecule has 0 atom stereocenters. The van der Waals surface area contributed by atoms with E-state index in [4.69, 9.17) is 4.98 Å². The third-order valence-corrected chi connectivity index (χ3v) is 6.81. The number of imidazole rings is 1. The highest BCUT2D eigenvalue weighted by Crippen LogP contribution is 2.29. The van der Waals surface area contributed by atoms with E-state index in [2.05, 4.69) is 4.90 Å². The zero-order valence-corrected chi connectivity index (χ0v) is 19.3. The number of aromatic nitrogens is 2. The Labute approximate surface area is 203 Å². The smallest absolute Gasteiger partial charge is 0.270 e. The summed E-state index contributed by atoms with van der Waals surface area (Å²) in [6.45, 7) is 2.87. The van der Waals surface area contributed by atoms with Gasteiger partial charge in [0.2, 0.25) is 0 Å². The molecule has 1 amide bonds. The molecule has 0 N–H and O–H groups in total. The normalized spacial score (nSPS) is 14.3. The quantitative estimate of drug-likeness (QED) is 0.296. The van der Waals surface area contributed by atoms with Crippen molar-refractivity contribution in [2.75, 3.05) is 26.2 Å². The van der Waals surface area contributed by atoms with Crippen LogP contribution in [0.5, 0.6) is 0 Å². The van der Waals surface area contributed by atoms with Gasteiger partial charge in [0.25, 0.3) is 17.3 Å². The minimum absolute atomic E-state index is 0.0286. The van der Waals surface area contributed by atoms with Crippen LogP contribution >= 0.6 is 11.3 Å². The number of hydrogen-bond acceptors (Lipinski definition) is 8. The van der Waals surface area contributed by atoms with Gasteiger partial charge in [-0.15, -0.1) is 11.3 Å². The fourth-order valence-electron chi connectivity index (χ4n) is 4.21. The molecule has 12 heteroatoms. The number of nitro groups is 2. The van der Waals surface area contributed by atoms with Crippen LogP contribution in [0.4, 0.5) is 11.4 Å². The molecular formula is C23H20N6O5S. The summed E-state index contributed by atoms with van der Waals surface area (Å²) in [6.07, 6.45) is 1.96. The Morgan fingerprint density at radius 3 is 2.37 bits per heavy atom. The van der Waals surface area contributed by atoms with Crippen LogP contribution in [0.25, 0.3) is 16.2 Å². The lowest BCUT2D eigenvalue weighted by Gasteiger charge is -2.34. The van der Waals surface area contributed by atoms with Crippen molar-refractivity contribution < 1.29 is 14.6 Å². The maximum Gasteiger partial charge on any atom is 0.270 e. The first-order valence-corrected chi connectivity index (χ1v) is 11.7. The van der Waals surface area contributed by atoms with Crippen molar-refractivity contribution in [1.29, 1.82) is 0 Å². The Kier molecular flexibility index (Phi) is 5.97. The molecule has 11 nitrogen and oxygen atoms in total. The van der Waals surface area contributed by atoms with Crippen molar-refractivity contribution in [2.45, 2.75) is 6.54 Å². The standard InChI is InChI=1S/C23H20N6O5S/c30-22(17-2-1-3-19(14-17)29(33)34)26-10-8-25(9-11-26)15-20-21(24-23-27(20)12-13-35-23)16-4-6-18(7-5-16)28(31)32/h1-7,12-14H,8-11,15H2. The Balaban J connectivity index is 1.31. The van der Waals surface area contributed by atoms with Crippen molar-refractivity contribution in [3.05, 3.63) is 91.6 Å². The average molecular weight is 493 g/mol. The molecule has 1 saturated heterocycles. The molecule has 3 heterocycles. The van der Waals surface area contributed by atoms with Crippen LogP contribution in [0.15, 0.2) is 60.1 Å². The number of benzene rings is 2. The maximum absolute atomic E-state index is 12.9. The summed E-state index contributed by atoms with van der Waals surface area (Å²) in [5.74, 6) is -0.218. The van der Waals surface area contributed by atoms with Gasteiger partial charge in [-0.05, 0) is 18.2 Å². The summed E-state index contributed by atoms with van der Waals surface area (Å²) in [5.41, 5.74) is 2.80. The number of rotatable bonds is 6. The number of amides is 1. The molecule has 4 aromatic rings. The molecule has 0 unspecified atom stereocenters. The van der Waals surface area contributed by atoms with Gasteiger partial charge in [0.05, 0.1) is 21.2 Å². The Hall–Kier alpha value is -4.16. The molecule has 5 rings (SSSR count). The largest absolute Gasteiger partial charge is 0.336 e. The van der Waals surface area contributed by atoms with Crippen molar-refractivity contribution in [1.82, 2.24) is 19.2 Å². The van der Waals surface area contributed by atoms with E-state index >= 15 is 0 Å². The zero-order chi connectivity index (χ0) is 24.5. The van der Waals surface area contributed by atoms with Gasteiger partial charge >= 0.3 is 0 Å². The van der Waals surface area contributed by atoms with Crippen LogP contribution in [0.3, 0.4) is 0 Å². The molecule has 0 spiro atoms. The van der Waals surface area contributed by atoms with E-state index in [0.717, 1.165) is 21.9 Å². The van der Waals surface area contributed by atoms with Gasteiger partial charge in [-0.2, -0.15) is 0 Å². The summed E-state index contributed by atoms with van der Waals surface area (Å²) >= 11 is 1.52. The summed E-state index contributed by atoms with van der Waals surface area (Å²) in [6, 6.07) is 12.2. The van der Waals surface area contributed by atoms with Gasteiger partial charge in [-0.3, -0.25) is 34.3 Å². The molecule has 2 aromatic carbocycles. The first-order valence-electron chi connectivity index (χ1n) is 10.9. The van der Waals surface area contributed by atoms with Crippen LogP contribution in [0.1, 0.15) is 16.1 Å². The van der Waals surface area contributed by atoms with E-state index < -0.39 is 9.85 Å². The first kappa shape index (κ1) is 22.6. The molecular weight excluding hydrogens is 472 g/mol. The number of non-ortho nitro benzene ring substituents is 2. The number of carbonyl (C=O) groups excluding carboxylic acids is 1. The van der Waals surface area contributed by atoms with Gasteiger partial charge in [-0.1, -0.05) is 6.07 Å². The Morgan fingerprint density at radius 2 is 1.69 bits per heavy atom. The summed E-state index contributed by atoms with van der Waals surface area (Å²) in [4.78, 5) is 43.5. The van der Waals surface area contributed by atoms with E-state index in [1.54, 1.807) is 23.1 Å². The summed E-state index contributed by atoms with van der Waals surface area (Å²) in [7, 11) is 0. The van der Waals surface area contributed by atoms with E-state index in [1.807, 2.05) is 16.0 Å². The number of nitro benzene ring substituents is 2. The Morgan fingerprint density at radius 1 is 0.971 bits per heavy atom. The monoisotopic (exact) mass is 492 g/mol. The fourth-order valence-corrected chi connectivity index (χ4v) is 4.94. The molecule has 35 heavy (non-hydrogen) atoms. The molecule has 0 radical (unpaired) electrons. The van der Waals surface area contributed by atoms with E-state index in [1.165, 1.54) is 41.7 Å². The molecule has 1 aliphatic heterocycles. The fraction of sp³-hybridized carbons (Fsp3) is 0.217. The highest BCUT2D eigenvalue weighted by atomic mass is 32.1. The van der Waals surface area contributed by atoms with E-state index in [0.29, 0.717) is 38.3 Å². The van der Waals surface area contributed by atoms with Crippen LogP contribution in [0.2, 0.25) is 0 Å². The predicted molar refractivity (Wildman–Crippen MR) is 129 cm³/mol. The maximum atomic E-state index is 12.9. The first-order chi connectivity index (χ1) is 16.9. The number of carbonyl (C=O) groups is 1. The topological polar surface area (TPSA) is 127 Å². The van der Waals surface area contributed by atoms with Gasteiger partial charge < -0.3 is 4.90 Å². The second kappa shape index (κ2) is 9.24. The highest BCUT2D eigenvalue weighted by Gasteiger charge is 2.25. The summed E-state index contributed by atoms with van der Waals surface area (Å²) < 4.78 is 2.03. The van der Waals surface area contributed by atoms with Crippen molar-refractivity contribution >= 4 is 33.6 Å². The van der Waals surface area contributed by atoms with Crippen LogP contribution in [0, 0.1) is 20.2 Å². The third kappa shape index (κ3) is 4.48.